The highest BCUT2D eigenvalue weighted by Gasteiger charge is 2.13. The Morgan fingerprint density at radius 1 is 1.15 bits per heavy atom. The molecule has 0 aromatic carbocycles. The third-order valence-corrected chi connectivity index (χ3v) is 2.89. The summed E-state index contributed by atoms with van der Waals surface area (Å²) >= 11 is 0. The molecule has 6 nitrogen and oxygen atoms in total. The molecule has 20 heavy (non-hydrogen) atoms. The van der Waals surface area contributed by atoms with Gasteiger partial charge in [-0.25, -0.2) is 9.97 Å². The van der Waals surface area contributed by atoms with Crippen LogP contribution in [-0.2, 0) is 9.47 Å². The van der Waals surface area contributed by atoms with Crippen molar-refractivity contribution in [2.24, 2.45) is 0 Å². The monoisotopic (exact) mass is 282 g/mol. The fraction of sp³-hybridized carbons (Fsp3) is 0.714. The normalized spacial score (nSPS) is 10.8. The third-order valence-electron chi connectivity index (χ3n) is 2.89. The molecule has 0 amide bonds. The number of nitrogens with one attached hydrogen (secondary N) is 2. The Hall–Kier alpha value is -1.40. The Kier molecular flexibility index (Phi) is 7.91. The van der Waals surface area contributed by atoms with Gasteiger partial charge in [-0.15, -0.1) is 0 Å². The Morgan fingerprint density at radius 3 is 2.55 bits per heavy atom. The highest BCUT2D eigenvalue weighted by molar-refractivity contribution is 5.58. The molecule has 2 N–H and O–H groups in total. The number of anilines is 2. The minimum absolute atomic E-state index is 0.360. The van der Waals surface area contributed by atoms with Gasteiger partial charge in [0, 0.05) is 32.9 Å². The SMILES string of the molecule is CNc1ncnc(NCCCOCCOC)c1C(C)C. The van der Waals surface area contributed by atoms with Crippen LogP contribution in [0.1, 0.15) is 31.7 Å². The molecule has 0 fully saturated rings. The van der Waals surface area contributed by atoms with Crippen molar-refractivity contribution in [3.8, 4) is 0 Å². The summed E-state index contributed by atoms with van der Waals surface area (Å²) in [5.74, 6) is 2.14. The highest BCUT2D eigenvalue weighted by Crippen LogP contribution is 2.27. The summed E-state index contributed by atoms with van der Waals surface area (Å²) in [6, 6.07) is 0. The number of methoxy groups -OCH3 is 1. The molecule has 0 atom stereocenters. The standard InChI is InChI=1S/C14H26N4O2/c1-11(2)12-13(15-3)17-10-18-14(12)16-6-5-7-20-9-8-19-4/h10-11H,5-9H2,1-4H3,(H2,15,16,17,18). The summed E-state index contributed by atoms with van der Waals surface area (Å²) in [6.45, 7) is 7.11. The van der Waals surface area contributed by atoms with E-state index in [0.717, 1.165) is 36.8 Å². The molecule has 1 aromatic rings. The number of hydrogen-bond acceptors (Lipinski definition) is 6. The average molecular weight is 282 g/mol. The first-order valence-corrected chi connectivity index (χ1v) is 7.03. The molecule has 0 radical (unpaired) electrons. The molecule has 0 aliphatic rings. The summed E-state index contributed by atoms with van der Waals surface area (Å²) in [5, 5.41) is 6.47. The lowest BCUT2D eigenvalue weighted by atomic mass is 10.0. The van der Waals surface area contributed by atoms with E-state index in [2.05, 4.69) is 34.4 Å². The maximum Gasteiger partial charge on any atom is 0.134 e. The molecule has 1 aromatic heterocycles. The van der Waals surface area contributed by atoms with E-state index in [1.807, 2.05) is 7.05 Å². The van der Waals surface area contributed by atoms with E-state index >= 15 is 0 Å². The smallest absolute Gasteiger partial charge is 0.134 e. The fourth-order valence-corrected chi connectivity index (χ4v) is 1.91. The summed E-state index contributed by atoms with van der Waals surface area (Å²) in [4.78, 5) is 8.59. The molecular formula is C14H26N4O2. The quantitative estimate of drug-likeness (QED) is 0.641. The molecule has 6 heteroatoms. The average Bonchev–Trinajstić information content (AvgIpc) is 2.45. The lowest BCUT2D eigenvalue weighted by Gasteiger charge is -2.16. The topological polar surface area (TPSA) is 68.3 Å². The van der Waals surface area contributed by atoms with Crippen LogP contribution in [0.3, 0.4) is 0 Å². The van der Waals surface area contributed by atoms with E-state index < -0.39 is 0 Å². The Labute approximate surface area is 121 Å². The zero-order chi connectivity index (χ0) is 14.8. The molecule has 0 aliphatic carbocycles. The Bertz CT molecular complexity index is 385. The lowest BCUT2D eigenvalue weighted by Crippen LogP contribution is -2.12. The number of ether oxygens (including phenoxy) is 2. The van der Waals surface area contributed by atoms with E-state index in [1.54, 1.807) is 13.4 Å². The Morgan fingerprint density at radius 2 is 1.90 bits per heavy atom. The molecule has 0 unspecified atom stereocenters. The van der Waals surface area contributed by atoms with Crippen LogP contribution in [0.5, 0.6) is 0 Å². The molecule has 0 bridgehead atoms. The van der Waals surface area contributed by atoms with E-state index in [9.17, 15) is 0 Å². The van der Waals surface area contributed by atoms with Crippen molar-refractivity contribution in [3.63, 3.8) is 0 Å². The van der Waals surface area contributed by atoms with E-state index in [-0.39, 0.29) is 0 Å². The molecular weight excluding hydrogens is 256 g/mol. The van der Waals surface area contributed by atoms with Crippen LogP contribution < -0.4 is 10.6 Å². The van der Waals surface area contributed by atoms with Crippen molar-refractivity contribution in [2.75, 3.05) is 51.2 Å². The second-order valence-corrected chi connectivity index (χ2v) is 4.77. The van der Waals surface area contributed by atoms with E-state index in [4.69, 9.17) is 9.47 Å². The van der Waals surface area contributed by atoms with Gasteiger partial charge in [0.15, 0.2) is 0 Å². The summed E-state index contributed by atoms with van der Waals surface area (Å²) in [7, 11) is 3.55. The minimum Gasteiger partial charge on any atom is -0.382 e. The van der Waals surface area contributed by atoms with Gasteiger partial charge in [-0.1, -0.05) is 13.8 Å². The molecule has 0 saturated carbocycles. The van der Waals surface area contributed by atoms with Gasteiger partial charge in [-0.3, -0.25) is 0 Å². The number of rotatable bonds is 10. The van der Waals surface area contributed by atoms with Crippen LogP contribution in [0.25, 0.3) is 0 Å². The van der Waals surface area contributed by atoms with Crippen molar-refractivity contribution in [2.45, 2.75) is 26.2 Å². The highest BCUT2D eigenvalue weighted by atomic mass is 16.5. The van der Waals surface area contributed by atoms with Gasteiger partial charge >= 0.3 is 0 Å². The lowest BCUT2D eigenvalue weighted by molar-refractivity contribution is 0.0705. The molecule has 0 saturated heterocycles. The van der Waals surface area contributed by atoms with Crippen molar-refractivity contribution in [3.05, 3.63) is 11.9 Å². The van der Waals surface area contributed by atoms with Crippen molar-refractivity contribution < 1.29 is 9.47 Å². The molecule has 0 spiro atoms. The van der Waals surface area contributed by atoms with Crippen LogP contribution in [0, 0.1) is 0 Å². The molecule has 1 heterocycles. The van der Waals surface area contributed by atoms with Gasteiger partial charge in [0.2, 0.25) is 0 Å². The second kappa shape index (κ2) is 9.50. The van der Waals surface area contributed by atoms with Crippen LogP contribution in [0.15, 0.2) is 6.33 Å². The molecule has 1 rings (SSSR count). The maximum atomic E-state index is 5.42. The minimum atomic E-state index is 0.360. The summed E-state index contributed by atoms with van der Waals surface area (Å²) < 4.78 is 10.3. The van der Waals surface area contributed by atoms with Gasteiger partial charge in [0.05, 0.1) is 13.2 Å². The van der Waals surface area contributed by atoms with Gasteiger partial charge in [-0.05, 0) is 12.3 Å². The van der Waals surface area contributed by atoms with Crippen LogP contribution >= 0.6 is 0 Å². The first kappa shape index (κ1) is 16.7. The van der Waals surface area contributed by atoms with Crippen LogP contribution in [0.2, 0.25) is 0 Å². The summed E-state index contributed by atoms with van der Waals surface area (Å²) in [6.07, 6.45) is 2.51. The van der Waals surface area contributed by atoms with Gasteiger partial charge in [0.25, 0.3) is 0 Å². The van der Waals surface area contributed by atoms with Crippen LogP contribution in [-0.4, -0.2) is 50.5 Å². The van der Waals surface area contributed by atoms with Crippen LogP contribution in [0.4, 0.5) is 11.6 Å². The Balaban J connectivity index is 2.43. The predicted octanol–water partition coefficient (Wildman–Crippen LogP) is 2.11. The van der Waals surface area contributed by atoms with Crippen molar-refractivity contribution in [1.82, 2.24) is 9.97 Å². The molecule has 114 valence electrons. The maximum absolute atomic E-state index is 5.42. The van der Waals surface area contributed by atoms with E-state index in [0.29, 0.717) is 19.1 Å². The summed E-state index contributed by atoms with van der Waals surface area (Å²) in [5.41, 5.74) is 1.12. The second-order valence-electron chi connectivity index (χ2n) is 4.77. The third kappa shape index (κ3) is 5.30. The van der Waals surface area contributed by atoms with Gasteiger partial charge in [-0.2, -0.15) is 0 Å². The first-order chi connectivity index (χ1) is 9.70. The number of aromatic nitrogens is 2. The largest absolute Gasteiger partial charge is 0.382 e. The number of nitrogens with zero attached hydrogens (tertiary/aromatic N) is 2. The number of hydrogen-bond donors (Lipinski definition) is 2. The van der Waals surface area contributed by atoms with Gasteiger partial charge < -0.3 is 20.1 Å². The molecule has 0 aliphatic heterocycles. The van der Waals surface area contributed by atoms with Crippen molar-refractivity contribution in [1.29, 1.82) is 0 Å². The zero-order valence-corrected chi connectivity index (χ0v) is 12.9. The fourth-order valence-electron chi connectivity index (χ4n) is 1.91. The zero-order valence-electron chi connectivity index (χ0n) is 12.9. The predicted molar refractivity (Wildman–Crippen MR) is 81.5 cm³/mol. The van der Waals surface area contributed by atoms with Gasteiger partial charge in [0.1, 0.15) is 18.0 Å². The van der Waals surface area contributed by atoms with E-state index in [1.165, 1.54) is 0 Å². The first-order valence-electron chi connectivity index (χ1n) is 7.03. The van der Waals surface area contributed by atoms with Crippen molar-refractivity contribution >= 4 is 11.6 Å².